The lowest BCUT2D eigenvalue weighted by Crippen LogP contribution is -2.38. The number of hydrogen-bond acceptors (Lipinski definition) is 4. The second-order valence-corrected chi connectivity index (χ2v) is 7.34. The fraction of sp³-hybridized carbons (Fsp3) is 0.667. The molecule has 1 saturated heterocycles. The van der Waals surface area contributed by atoms with Gasteiger partial charge in [0.05, 0.1) is 26.4 Å². The summed E-state index contributed by atoms with van der Waals surface area (Å²) in [5, 5.41) is 6.77. The van der Waals surface area contributed by atoms with Crippen LogP contribution < -0.4 is 15.4 Å². The third-order valence-electron chi connectivity index (χ3n) is 5.30. The van der Waals surface area contributed by atoms with Crippen LogP contribution in [-0.2, 0) is 14.9 Å². The summed E-state index contributed by atoms with van der Waals surface area (Å²) in [7, 11) is 1.70. The number of rotatable bonds is 10. The van der Waals surface area contributed by atoms with Gasteiger partial charge in [-0.15, -0.1) is 0 Å². The molecule has 1 aromatic carbocycles. The second-order valence-electron chi connectivity index (χ2n) is 7.34. The summed E-state index contributed by atoms with van der Waals surface area (Å²) in [5.41, 5.74) is 1.55. The van der Waals surface area contributed by atoms with Crippen molar-refractivity contribution in [1.29, 1.82) is 0 Å². The van der Waals surface area contributed by atoms with Crippen molar-refractivity contribution < 1.29 is 14.2 Å². The molecule has 3 rings (SSSR count). The summed E-state index contributed by atoms with van der Waals surface area (Å²) >= 11 is 0. The fourth-order valence-electron chi connectivity index (χ4n) is 3.38. The van der Waals surface area contributed by atoms with E-state index < -0.39 is 0 Å². The Labute approximate surface area is 162 Å². The van der Waals surface area contributed by atoms with E-state index in [1.54, 1.807) is 7.11 Å². The number of benzene rings is 1. The maximum absolute atomic E-state index is 5.81. The van der Waals surface area contributed by atoms with Crippen molar-refractivity contribution in [3.05, 3.63) is 29.8 Å². The summed E-state index contributed by atoms with van der Waals surface area (Å²) in [6.07, 6.45) is 4.65. The number of nitrogens with zero attached hydrogens (tertiary/aromatic N) is 1. The lowest BCUT2D eigenvalue weighted by Gasteiger charge is -2.16. The lowest BCUT2D eigenvalue weighted by molar-refractivity contribution is 0.0420. The first-order valence-corrected chi connectivity index (χ1v) is 10.1. The zero-order valence-electron chi connectivity index (χ0n) is 16.6. The van der Waals surface area contributed by atoms with Crippen molar-refractivity contribution in [2.45, 2.75) is 44.1 Å². The van der Waals surface area contributed by atoms with Gasteiger partial charge in [0.25, 0.3) is 0 Å². The number of aliphatic imine (C=N–C) groups is 1. The fourth-order valence-corrected chi connectivity index (χ4v) is 3.38. The highest BCUT2D eigenvalue weighted by Gasteiger charge is 2.44. The van der Waals surface area contributed by atoms with Gasteiger partial charge in [0.1, 0.15) is 5.75 Å². The quantitative estimate of drug-likeness (QED) is 0.374. The van der Waals surface area contributed by atoms with E-state index >= 15 is 0 Å². The Morgan fingerprint density at radius 3 is 2.70 bits per heavy atom. The molecule has 2 N–H and O–H groups in total. The molecular formula is C21H33N3O3. The Bertz CT molecular complexity index is 593. The molecule has 1 atom stereocenters. The Kier molecular flexibility index (Phi) is 7.35. The largest absolute Gasteiger partial charge is 0.497 e. The molecule has 6 nitrogen and oxygen atoms in total. The topological polar surface area (TPSA) is 64.1 Å². The van der Waals surface area contributed by atoms with E-state index in [2.05, 4.69) is 29.7 Å². The van der Waals surface area contributed by atoms with E-state index in [9.17, 15) is 0 Å². The molecule has 6 heteroatoms. The van der Waals surface area contributed by atoms with Crippen LogP contribution in [0.4, 0.5) is 0 Å². The van der Waals surface area contributed by atoms with E-state index in [1.165, 1.54) is 18.4 Å². The average molecular weight is 376 g/mol. The smallest absolute Gasteiger partial charge is 0.191 e. The van der Waals surface area contributed by atoms with Gasteiger partial charge in [0.15, 0.2) is 5.96 Å². The van der Waals surface area contributed by atoms with Crippen molar-refractivity contribution in [1.82, 2.24) is 10.6 Å². The molecule has 0 radical (unpaired) electrons. The second kappa shape index (κ2) is 9.95. The first-order valence-electron chi connectivity index (χ1n) is 10.1. The normalized spacial score (nSPS) is 21.1. The van der Waals surface area contributed by atoms with Gasteiger partial charge in [-0.2, -0.15) is 0 Å². The van der Waals surface area contributed by atoms with Crippen LogP contribution in [0.3, 0.4) is 0 Å². The van der Waals surface area contributed by atoms with Crippen LogP contribution in [0, 0.1) is 0 Å². The molecule has 0 aromatic heterocycles. The van der Waals surface area contributed by atoms with Crippen LogP contribution in [-0.4, -0.2) is 58.6 Å². The molecule has 0 amide bonds. The Morgan fingerprint density at radius 1 is 1.26 bits per heavy atom. The van der Waals surface area contributed by atoms with Gasteiger partial charge in [-0.05, 0) is 50.3 Å². The van der Waals surface area contributed by atoms with Gasteiger partial charge in [0, 0.05) is 31.7 Å². The molecule has 27 heavy (non-hydrogen) atoms. The van der Waals surface area contributed by atoms with Gasteiger partial charge >= 0.3 is 0 Å². The predicted molar refractivity (Wildman–Crippen MR) is 108 cm³/mol. The van der Waals surface area contributed by atoms with Crippen LogP contribution in [0.15, 0.2) is 29.3 Å². The minimum absolute atomic E-state index is 0.195. The van der Waals surface area contributed by atoms with E-state index in [1.807, 2.05) is 12.1 Å². The Hall–Kier alpha value is -1.79. The minimum atomic E-state index is 0.195. The van der Waals surface area contributed by atoms with Crippen LogP contribution in [0.2, 0.25) is 0 Å². The SMILES string of the molecule is CCNC(=NCC1(c2ccc(OC)cc2)CC1)NCCCOC1CCOC1. The number of ether oxygens (including phenoxy) is 3. The molecule has 1 unspecified atom stereocenters. The van der Waals surface area contributed by atoms with Gasteiger partial charge in [-0.25, -0.2) is 0 Å². The molecule has 1 aromatic rings. The maximum Gasteiger partial charge on any atom is 0.191 e. The van der Waals surface area contributed by atoms with Crippen LogP contribution in [0.5, 0.6) is 5.75 Å². The number of guanidine groups is 1. The van der Waals surface area contributed by atoms with E-state index in [0.717, 1.165) is 64.0 Å². The molecule has 2 fully saturated rings. The maximum atomic E-state index is 5.81. The zero-order valence-corrected chi connectivity index (χ0v) is 16.6. The van der Waals surface area contributed by atoms with Gasteiger partial charge < -0.3 is 24.8 Å². The van der Waals surface area contributed by atoms with Gasteiger partial charge in [-0.1, -0.05) is 12.1 Å². The standard InChI is InChI=1S/C21H33N3O3/c1-3-22-20(23-12-4-13-27-19-9-14-26-15-19)24-16-21(10-11-21)17-5-7-18(25-2)8-6-17/h5-8,19H,3-4,9-16H2,1-2H3,(H2,22,23,24). The van der Waals surface area contributed by atoms with Gasteiger partial charge in [0.2, 0.25) is 0 Å². The molecule has 0 spiro atoms. The number of nitrogens with one attached hydrogen (secondary N) is 2. The molecule has 1 heterocycles. The highest BCUT2D eigenvalue weighted by atomic mass is 16.5. The molecular weight excluding hydrogens is 342 g/mol. The van der Waals surface area contributed by atoms with Crippen molar-refractivity contribution >= 4 is 5.96 Å². The minimum Gasteiger partial charge on any atom is -0.497 e. The van der Waals surface area contributed by atoms with Crippen LogP contribution >= 0.6 is 0 Å². The molecule has 0 bridgehead atoms. The van der Waals surface area contributed by atoms with E-state index in [4.69, 9.17) is 19.2 Å². The molecule has 1 aliphatic carbocycles. The first-order chi connectivity index (χ1) is 13.3. The van der Waals surface area contributed by atoms with E-state index in [0.29, 0.717) is 0 Å². The lowest BCUT2D eigenvalue weighted by atomic mass is 9.96. The third-order valence-corrected chi connectivity index (χ3v) is 5.30. The summed E-state index contributed by atoms with van der Waals surface area (Å²) in [5.74, 6) is 1.79. The predicted octanol–water partition coefficient (Wildman–Crippen LogP) is 2.48. The van der Waals surface area contributed by atoms with Crippen LogP contribution in [0.1, 0.15) is 38.2 Å². The van der Waals surface area contributed by atoms with E-state index in [-0.39, 0.29) is 11.5 Å². The van der Waals surface area contributed by atoms with Crippen LogP contribution in [0.25, 0.3) is 0 Å². The molecule has 2 aliphatic rings. The zero-order chi connectivity index (χ0) is 19.0. The number of methoxy groups -OCH3 is 1. The number of hydrogen-bond donors (Lipinski definition) is 2. The van der Waals surface area contributed by atoms with Gasteiger partial charge in [-0.3, -0.25) is 4.99 Å². The Morgan fingerprint density at radius 2 is 2.07 bits per heavy atom. The Balaban J connectivity index is 1.44. The van der Waals surface area contributed by atoms with Crippen molar-refractivity contribution in [2.24, 2.45) is 4.99 Å². The highest BCUT2D eigenvalue weighted by molar-refractivity contribution is 5.79. The molecule has 1 aliphatic heterocycles. The van der Waals surface area contributed by atoms with Crippen molar-refractivity contribution in [3.63, 3.8) is 0 Å². The van der Waals surface area contributed by atoms with Crippen molar-refractivity contribution in [3.8, 4) is 5.75 Å². The highest BCUT2D eigenvalue weighted by Crippen LogP contribution is 2.48. The third kappa shape index (κ3) is 5.84. The summed E-state index contributed by atoms with van der Waals surface area (Å²) < 4.78 is 16.4. The molecule has 1 saturated carbocycles. The summed E-state index contributed by atoms with van der Waals surface area (Å²) in [6, 6.07) is 8.42. The average Bonchev–Trinajstić information content (AvgIpc) is 3.32. The monoisotopic (exact) mass is 375 g/mol. The molecule has 150 valence electrons. The summed E-state index contributed by atoms with van der Waals surface area (Å²) in [4.78, 5) is 4.84. The first kappa shape index (κ1) is 20.0. The van der Waals surface area contributed by atoms with Crippen molar-refractivity contribution in [2.75, 3.05) is 46.6 Å². The summed E-state index contributed by atoms with van der Waals surface area (Å²) in [6.45, 7) is 6.95.